The van der Waals surface area contributed by atoms with Crippen LogP contribution in [0.1, 0.15) is 33.6 Å². The Kier molecular flexibility index (Phi) is 5.63. The van der Waals surface area contributed by atoms with Crippen LogP contribution in [0.15, 0.2) is 53.7 Å². The number of aryl methyl sites for hydroxylation is 1. The summed E-state index contributed by atoms with van der Waals surface area (Å²) >= 11 is 6.28. The third-order valence-electron chi connectivity index (χ3n) is 4.57. The highest BCUT2D eigenvalue weighted by Crippen LogP contribution is 2.26. The number of halogens is 1. The summed E-state index contributed by atoms with van der Waals surface area (Å²) in [6.45, 7) is 6.36. The van der Waals surface area contributed by atoms with Crippen LogP contribution in [-0.4, -0.2) is 10.8 Å². The molecule has 0 atom stereocenters. The Balaban J connectivity index is 1.80. The van der Waals surface area contributed by atoms with E-state index >= 15 is 0 Å². The molecule has 0 aliphatic rings. The molecule has 3 aromatic rings. The van der Waals surface area contributed by atoms with Crippen LogP contribution in [0.2, 0.25) is 5.02 Å². The van der Waals surface area contributed by atoms with Gasteiger partial charge < -0.3 is 9.40 Å². The molecule has 2 aromatic carbocycles. The Labute approximate surface area is 164 Å². The summed E-state index contributed by atoms with van der Waals surface area (Å²) in [6.07, 6.45) is 1.70. The van der Waals surface area contributed by atoms with Gasteiger partial charge in [0.25, 0.3) is 0 Å². The fourth-order valence-electron chi connectivity index (χ4n) is 3.08. The maximum atomic E-state index is 9.12. The molecule has 0 N–H and O–H groups in total. The third kappa shape index (κ3) is 3.89. The molecule has 0 aliphatic heterocycles. The Morgan fingerprint density at radius 1 is 1.15 bits per heavy atom. The average molecular weight is 378 g/mol. The number of oxime groups is 1. The van der Waals surface area contributed by atoms with E-state index in [1.165, 1.54) is 0 Å². The van der Waals surface area contributed by atoms with Gasteiger partial charge in [-0.05, 0) is 50.6 Å². The van der Waals surface area contributed by atoms with E-state index in [1.54, 1.807) is 12.3 Å². The predicted molar refractivity (Wildman–Crippen MR) is 109 cm³/mol. The first-order chi connectivity index (χ1) is 13.0. The molecule has 0 saturated carbocycles. The van der Waals surface area contributed by atoms with Crippen LogP contribution in [0.3, 0.4) is 0 Å². The van der Waals surface area contributed by atoms with Crippen molar-refractivity contribution < 1.29 is 4.84 Å². The van der Waals surface area contributed by atoms with Gasteiger partial charge in [-0.1, -0.05) is 41.0 Å². The molecule has 3 rings (SSSR count). The van der Waals surface area contributed by atoms with Crippen molar-refractivity contribution in [2.45, 2.75) is 27.4 Å². The van der Waals surface area contributed by atoms with Gasteiger partial charge in [0.1, 0.15) is 6.61 Å². The van der Waals surface area contributed by atoms with E-state index in [-0.39, 0.29) is 6.61 Å². The van der Waals surface area contributed by atoms with Gasteiger partial charge in [0.15, 0.2) is 0 Å². The number of hydrogen-bond acceptors (Lipinski definition) is 3. The number of aromatic nitrogens is 1. The topological polar surface area (TPSA) is 50.3 Å². The molecule has 27 heavy (non-hydrogen) atoms. The lowest BCUT2D eigenvalue weighted by molar-refractivity contribution is 0.132. The van der Waals surface area contributed by atoms with Crippen LogP contribution in [0, 0.1) is 32.1 Å². The molecule has 1 heterocycles. The zero-order valence-corrected chi connectivity index (χ0v) is 16.3. The summed E-state index contributed by atoms with van der Waals surface area (Å²) in [5.41, 5.74) is 6.63. The van der Waals surface area contributed by atoms with Crippen LogP contribution >= 0.6 is 11.6 Å². The lowest BCUT2D eigenvalue weighted by Gasteiger charge is -2.13. The summed E-state index contributed by atoms with van der Waals surface area (Å²) in [4.78, 5) is 5.41. The Morgan fingerprint density at radius 2 is 1.93 bits per heavy atom. The first-order valence-electron chi connectivity index (χ1n) is 8.60. The number of nitrogens with zero attached hydrogens (tertiary/aromatic N) is 3. The number of hydrogen-bond donors (Lipinski definition) is 0. The van der Waals surface area contributed by atoms with Crippen molar-refractivity contribution >= 4 is 17.8 Å². The number of rotatable bonds is 5. The zero-order chi connectivity index (χ0) is 19.4. The molecule has 0 saturated heterocycles. The summed E-state index contributed by atoms with van der Waals surface area (Å²) in [6, 6.07) is 17.5. The molecular weight excluding hydrogens is 358 g/mol. The highest BCUT2D eigenvalue weighted by molar-refractivity contribution is 6.31. The van der Waals surface area contributed by atoms with Gasteiger partial charge in [-0.2, -0.15) is 5.26 Å². The quantitative estimate of drug-likeness (QED) is 0.436. The van der Waals surface area contributed by atoms with Gasteiger partial charge in [0.2, 0.25) is 0 Å². The lowest BCUT2D eigenvalue weighted by atomic mass is 10.1. The normalized spacial score (nSPS) is 10.9. The molecular formula is C22H20ClN3O. The number of benzene rings is 2. The van der Waals surface area contributed by atoms with Crippen molar-refractivity contribution in [3.05, 3.63) is 87.2 Å². The fraction of sp³-hybridized carbons (Fsp3) is 0.182. The molecule has 1 aromatic heterocycles. The van der Waals surface area contributed by atoms with Crippen molar-refractivity contribution in [3.8, 4) is 11.8 Å². The summed E-state index contributed by atoms with van der Waals surface area (Å²) in [5.74, 6) is 0. The van der Waals surface area contributed by atoms with Crippen molar-refractivity contribution in [1.29, 1.82) is 5.26 Å². The molecule has 5 heteroatoms. The zero-order valence-electron chi connectivity index (χ0n) is 15.5. The van der Waals surface area contributed by atoms with Gasteiger partial charge in [-0.3, -0.25) is 0 Å². The van der Waals surface area contributed by atoms with E-state index in [0.717, 1.165) is 38.8 Å². The minimum atomic E-state index is 0.256. The maximum absolute atomic E-state index is 9.12. The second-order valence-corrected chi connectivity index (χ2v) is 6.73. The third-order valence-corrected chi connectivity index (χ3v) is 4.98. The van der Waals surface area contributed by atoms with Crippen molar-refractivity contribution in [2.24, 2.45) is 5.16 Å². The van der Waals surface area contributed by atoms with E-state index < -0.39 is 0 Å². The lowest BCUT2D eigenvalue weighted by Crippen LogP contribution is -2.02. The smallest absolute Gasteiger partial charge is 0.143 e. The first-order valence-corrected chi connectivity index (χ1v) is 8.98. The van der Waals surface area contributed by atoms with E-state index in [2.05, 4.69) is 34.8 Å². The van der Waals surface area contributed by atoms with Gasteiger partial charge >= 0.3 is 0 Å². The standard InChI is InChI=1S/C22H20ClN3O/c1-15-11-20(13-25-27-14-19-8-5-4-7-18(19)12-24)17(3)26(15)22-10-6-9-21(23)16(22)2/h4-11,13H,14H2,1-3H3/b25-13-. The number of nitriles is 1. The SMILES string of the molecule is Cc1c(Cl)cccc1-n1c(C)cc(/C=N\OCc2ccccc2C#N)c1C. The summed E-state index contributed by atoms with van der Waals surface area (Å²) in [7, 11) is 0. The molecule has 0 radical (unpaired) electrons. The first kappa shape index (κ1) is 18.8. The van der Waals surface area contributed by atoms with Crippen LogP contribution < -0.4 is 0 Å². The summed E-state index contributed by atoms with van der Waals surface area (Å²) in [5, 5.41) is 13.9. The van der Waals surface area contributed by atoms with Crippen LogP contribution in [-0.2, 0) is 11.4 Å². The van der Waals surface area contributed by atoms with E-state index in [4.69, 9.17) is 21.7 Å². The maximum Gasteiger partial charge on any atom is 0.143 e. The van der Waals surface area contributed by atoms with E-state index in [1.807, 2.05) is 44.2 Å². The second-order valence-electron chi connectivity index (χ2n) is 6.32. The second kappa shape index (κ2) is 8.11. The molecule has 0 unspecified atom stereocenters. The molecule has 0 spiro atoms. The van der Waals surface area contributed by atoms with E-state index in [9.17, 15) is 0 Å². The molecule has 0 amide bonds. The van der Waals surface area contributed by atoms with Gasteiger partial charge in [0, 0.05) is 33.2 Å². The molecule has 0 fully saturated rings. The summed E-state index contributed by atoms with van der Waals surface area (Å²) < 4.78 is 2.16. The van der Waals surface area contributed by atoms with Crippen molar-refractivity contribution in [1.82, 2.24) is 4.57 Å². The van der Waals surface area contributed by atoms with E-state index in [0.29, 0.717) is 5.56 Å². The van der Waals surface area contributed by atoms with Crippen LogP contribution in [0.4, 0.5) is 0 Å². The monoisotopic (exact) mass is 377 g/mol. The highest BCUT2D eigenvalue weighted by atomic mass is 35.5. The van der Waals surface area contributed by atoms with Gasteiger partial charge in [0.05, 0.1) is 17.8 Å². The fourth-order valence-corrected chi connectivity index (χ4v) is 3.25. The predicted octanol–water partition coefficient (Wildman–Crippen LogP) is 5.48. The highest BCUT2D eigenvalue weighted by Gasteiger charge is 2.12. The van der Waals surface area contributed by atoms with Crippen molar-refractivity contribution in [3.63, 3.8) is 0 Å². The minimum Gasteiger partial charge on any atom is -0.391 e. The molecule has 0 bridgehead atoms. The van der Waals surface area contributed by atoms with Gasteiger partial charge in [-0.15, -0.1) is 0 Å². The Bertz CT molecular complexity index is 1040. The van der Waals surface area contributed by atoms with Gasteiger partial charge in [-0.25, -0.2) is 0 Å². The average Bonchev–Trinajstić information content (AvgIpc) is 2.95. The van der Waals surface area contributed by atoms with Crippen LogP contribution in [0.5, 0.6) is 0 Å². The minimum absolute atomic E-state index is 0.256. The largest absolute Gasteiger partial charge is 0.391 e. The Hall–Kier alpha value is -3.03. The molecule has 4 nitrogen and oxygen atoms in total. The molecule has 136 valence electrons. The van der Waals surface area contributed by atoms with Crippen LogP contribution in [0.25, 0.3) is 5.69 Å². The van der Waals surface area contributed by atoms with Crippen molar-refractivity contribution in [2.75, 3.05) is 0 Å². The Morgan fingerprint density at radius 3 is 2.70 bits per heavy atom. The molecule has 0 aliphatic carbocycles.